The van der Waals surface area contributed by atoms with Crippen molar-refractivity contribution in [2.75, 3.05) is 26.2 Å². The number of hydrogen-bond acceptors (Lipinski definition) is 8. The van der Waals surface area contributed by atoms with E-state index in [-0.39, 0.29) is 22.3 Å². The van der Waals surface area contributed by atoms with Gasteiger partial charge in [0, 0.05) is 45.9 Å². The molecule has 44 heavy (non-hydrogen) atoms. The van der Waals surface area contributed by atoms with E-state index in [1.807, 2.05) is 34.1 Å². The molecule has 2 N–H and O–H groups in total. The Balaban J connectivity index is 0.000000142. The number of hydrogen-bond donors (Lipinski definition) is 2. The molecule has 0 bridgehead atoms. The number of fused-ring (bicyclic) bond motifs is 6. The average Bonchev–Trinajstić information content (AvgIpc) is 3.76. The summed E-state index contributed by atoms with van der Waals surface area (Å²) in [5.41, 5.74) is 2.18. The van der Waals surface area contributed by atoms with E-state index < -0.39 is 12.3 Å². The van der Waals surface area contributed by atoms with Crippen LogP contribution in [0.1, 0.15) is 24.5 Å². The summed E-state index contributed by atoms with van der Waals surface area (Å²) in [5, 5.41) is 1.59. The highest BCUT2D eigenvalue weighted by atomic mass is 79.9. The van der Waals surface area contributed by atoms with Crippen molar-refractivity contribution in [2.24, 2.45) is 0 Å². The van der Waals surface area contributed by atoms with Crippen LogP contribution in [-0.4, -0.2) is 68.3 Å². The SMILES string of the molecule is O=c1[nH]c(CN2CC[C@@H](F)C2)nc2c1oc1ccc(Br)cc12.O=c1[nH]c(CN2CC[C@@H](F)C2)nc2c1oc1ccc(Br)cc12. The van der Waals surface area contributed by atoms with E-state index in [1.165, 1.54) is 0 Å². The summed E-state index contributed by atoms with van der Waals surface area (Å²) in [6.07, 6.45) is -0.510. The Morgan fingerprint density at radius 2 is 1.18 bits per heavy atom. The van der Waals surface area contributed by atoms with Gasteiger partial charge in [-0.05, 0) is 49.2 Å². The summed E-state index contributed by atoms with van der Waals surface area (Å²) in [6, 6.07) is 11.1. The number of benzene rings is 2. The number of furan rings is 2. The third-order valence-corrected chi connectivity index (χ3v) is 8.83. The highest BCUT2D eigenvalue weighted by Gasteiger charge is 2.24. The van der Waals surface area contributed by atoms with Gasteiger partial charge in [-0.2, -0.15) is 0 Å². The molecule has 2 fully saturated rings. The van der Waals surface area contributed by atoms with Crippen LogP contribution in [0.4, 0.5) is 8.78 Å². The van der Waals surface area contributed by atoms with Gasteiger partial charge < -0.3 is 18.8 Å². The first kappa shape index (κ1) is 29.3. The van der Waals surface area contributed by atoms with Crippen molar-refractivity contribution in [3.63, 3.8) is 0 Å². The molecule has 6 heterocycles. The summed E-state index contributed by atoms with van der Waals surface area (Å²) < 4.78 is 39.5. The molecule has 14 heteroatoms. The van der Waals surface area contributed by atoms with E-state index in [0.29, 0.717) is 86.0 Å². The minimum atomic E-state index is -0.791. The Labute approximate surface area is 264 Å². The largest absolute Gasteiger partial charge is 0.449 e. The number of aromatic nitrogens is 4. The van der Waals surface area contributed by atoms with E-state index in [9.17, 15) is 18.4 Å². The second kappa shape index (κ2) is 11.8. The molecule has 0 amide bonds. The zero-order valence-corrected chi connectivity index (χ0v) is 26.4. The van der Waals surface area contributed by atoms with Gasteiger partial charge in [-0.25, -0.2) is 18.7 Å². The monoisotopic (exact) mass is 730 g/mol. The number of alkyl halides is 2. The van der Waals surface area contributed by atoms with Gasteiger partial charge in [-0.15, -0.1) is 0 Å². The van der Waals surface area contributed by atoms with E-state index in [1.54, 1.807) is 12.1 Å². The first-order valence-electron chi connectivity index (χ1n) is 14.1. The molecule has 2 atom stereocenters. The van der Waals surface area contributed by atoms with Gasteiger partial charge in [0.2, 0.25) is 11.2 Å². The zero-order valence-electron chi connectivity index (χ0n) is 23.2. The van der Waals surface area contributed by atoms with Crippen LogP contribution >= 0.6 is 31.9 Å². The van der Waals surface area contributed by atoms with Crippen LogP contribution in [0.2, 0.25) is 0 Å². The van der Waals surface area contributed by atoms with Crippen LogP contribution in [0.5, 0.6) is 0 Å². The van der Waals surface area contributed by atoms with Crippen LogP contribution < -0.4 is 11.1 Å². The van der Waals surface area contributed by atoms with Gasteiger partial charge in [0.05, 0.1) is 13.1 Å². The Hall–Kier alpha value is -3.46. The molecule has 2 aliphatic rings. The molecule has 6 aromatic rings. The number of H-pyrrole nitrogens is 2. The van der Waals surface area contributed by atoms with Gasteiger partial charge >= 0.3 is 0 Å². The van der Waals surface area contributed by atoms with Gasteiger partial charge in [-0.1, -0.05) is 31.9 Å². The molecular weight excluding hydrogens is 706 g/mol. The minimum Gasteiger partial charge on any atom is -0.449 e. The minimum absolute atomic E-state index is 0.224. The fourth-order valence-corrected chi connectivity index (χ4v) is 6.50. The number of likely N-dealkylation sites (tertiary alicyclic amines) is 2. The van der Waals surface area contributed by atoms with Crippen LogP contribution in [0.25, 0.3) is 44.1 Å². The van der Waals surface area contributed by atoms with Crippen LogP contribution in [0, 0.1) is 0 Å². The van der Waals surface area contributed by atoms with Crippen molar-refractivity contribution < 1.29 is 17.6 Å². The smallest absolute Gasteiger partial charge is 0.294 e. The Kier molecular flexibility index (Phi) is 7.85. The number of rotatable bonds is 4. The quantitative estimate of drug-likeness (QED) is 0.228. The van der Waals surface area contributed by atoms with Crippen molar-refractivity contribution in [1.29, 1.82) is 0 Å². The third-order valence-electron chi connectivity index (χ3n) is 7.85. The Morgan fingerprint density at radius 1 is 0.750 bits per heavy atom. The van der Waals surface area contributed by atoms with Crippen molar-refractivity contribution in [3.8, 4) is 0 Å². The molecule has 0 unspecified atom stereocenters. The second-order valence-corrected chi connectivity index (χ2v) is 12.9. The van der Waals surface area contributed by atoms with Gasteiger partial charge in [0.1, 0.15) is 46.2 Å². The second-order valence-electron chi connectivity index (χ2n) is 11.1. The summed E-state index contributed by atoms with van der Waals surface area (Å²) in [7, 11) is 0. The molecule has 0 aliphatic carbocycles. The lowest BCUT2D eigenvalue weighted by Crippen LogP contribution is -2.23. The van der Waals surface area contributed by atoms with Gasteiger partial charge in [0.25, 0.3) is 11.1 Å². The number of aromatic amines is 2. The zero-order chi connectivity index (χ0) is 30.5. The molecule has 0 saturated carbocycles. The topological polar surface area (TPSA) is 124 Å². The number of nitrogens with one attached hydrogen (secondary N) is 2. The van der Waals surface area contributed by atoms with Crippen LogP contribution in [0.15, 0.2) is 63.8 Å². The molecule has 8 rings (SSSR count). The van der Waals surface area contributed by atoms with Crippen molar-refractivity contribution >= 4 is 76.0 Å². The predicted molar refractivity (Wildman–Crippen MR) is 169 cm³/mol. The maximum absolute atomic E-state index is 13.3. The molecule has 228 valence electrons. The first-order chi connectivity index (χ1) is 21.2. The lowest BCUT2D eigenvalue weighted by molar-refractivity contribution is 0.277. The lowest BCUT2D eigenvalue weighted by Gasteiger charge is -2.13. The van der Waals surface area contributed by atoms with Crippen molar-refractivity contribution in [1.82, 2.24) is 29.7 Å². The van der Waals surface area contributed by atoms with Crippen molar-refractivity contribution in [3.05, 3.63) is 77.7 Å². The number of halogens is 4. The first-order valence-corrected chi connectivity index (χ1v) is 15.7. The van der Waals surface area contributed by atoms with E-state index in [2.05, 4.69) is 51.8 Å². The Bertz CT molecular complexity index is 1990. The molecule has 4 aromatic heterocycles. The maximum atomic E-state index is 13.3. The summed E-state index contributed by atoms with van der Waals surface area (Å²) in [4.78, 5) is 42.8. The summed E-state index contributed by atoms with van der Waals surface area (Å²) in [6.45, 7) is 3.01. The summed E-state index contributed by atoms with van der Waals surface area (Å²) >= 11 is 6.82. The molecular formula is C30H26Br2F2N6O4. The molecule has 2 aliphatic heterocycles. The van der Waals surface area contributed by atoms with Gasteiger partial charge in [0.15, 0.2) is 0 Å². The molecule has 0 spiro atoms. The molecule has 2 saturated heterocycles. The van der Waals surface area contributed by atoms with E-state index >= 15 is 0 Å². The van der Waals surface area contributed by atoms with Gasteiger partial charge in [-0.3, -0.25) is 19.4 Å². The number of nitrogens with zero attached hydrogens (tertiary/aromatic N) is 4. The highest BCUT2D eigenvalue weighted by Crippen LogP contribution is 2.29. The third kappa shape index (κ3) is 5.83. The van der Waals surface area contributed by atoms with E-state index in [0.717, 1.165) is 19.7 Å². The van der Waals surface area contributed by atoms with Crippen molar-refractivity contribution in [2.45, 2.75) is 38.3 Å². The van der Waals surface area contributed by atoms with Crippen LogP contribution in [0.3, 0.4) is 0 Å². The predicted octanol–water partition coefficient (Wildman–Crippen LogP) is 5.95. The maximum Gasteiger partial charge on any atom is 0.294 e. The lowest BCUT2D eigenvalue weighted by atomic mass is 10.2. The normalized spacial score (nSPS) is 19.5. The fourth-order valence-electron chi connectivity index (χ4n) is 5.78. The average molecular weight is 732 g/mol. The molecule has 0 radical (unpaired) electrons. The molecule has 2 aromatic carbocycles. The molecule has 10 nitrogen and oxygen atoms in total. The van der Waals surface area contributed by atoms with E-state index in [4.69, 9.17) is 8.83 Å². The highest BCUT2D eigenvalue weighted by molar-refractivity contribution is 9.10. The Morgan fingerprint density at radius 3 is 1.57 bits per heavy atom. The standard InChI is InChI=1S/2C15H13BrFN3O2/c2*16-8-1-2-11-10(5-8)13-14(22-11)15(21)19-12(18-13)7-20-4-3-9(17)6-20/h2*1-2,5,9H,3-4,6-7H2,(H,18,19,21)/t2*9-/m11/s1. The fraction of sp³-hybridized carbons (Fsp3) is 0.333. The van der Waals surface area contributed by atoms with Crippen LogP contribution in [-0.2, 0) is 13.1 Å². The summed E-state index contributed by atoms with van der Waals surface area (Å²) in [5.74, 6) is 1.07.